The van der Waals surface area contributed by atoms with Crippen molar-refractivity contribution < 1.29 is 28.6 Å². The lowest BCUT2D eigenvalue weighted by Crippen LogP contribution is -2.30. The number of hydrogen-bond acceptors (Lipinski definition) is 6. The molecule has 412 valence electrons. The van der Waals surface area contributed by atoms with E-state index >= 15 is 0 Å². The molecule has 0 aliphatic rings. The van der Waals surface area contributed by atoms with Crippen LogP contribution >= 0.6 is 0 Å². The van der Waals surface area contributed by atoms with Crippen molar-refractivity contribution in [3.8, 4) is 0 Å². The molecule has 0 saturated carbocycles. The van der Waals surface area contributed by atoms with E-state index in [1.165, 1.54) is 244 Å². The van der Waals surface area contributed by atoms with Crippen LogP contribution in [-0.2, 0) is 28.6 Å². The lowest BCUT2D eigenvalue weighted by Gasteiger charge is -2.18. The number of ether oxygens (including phenoxy) is 3. The summed E-state index contributed by atoms with van der Waals surface area (Å²) < 4.78 is 16.8. The van der Waals surface area contributed by atoms with Crippen LogP contribution in [0.1, 0.15) is 348 Å². The Kier molecular flexibility index (Phi) is 57.7. The smallest absolute Gasteiger partial charge is 0.306 e. The van der Waals surface area contributed by atoms with Gasteiger partial charge in [0.05, 0.1) is 0 Å². The molecule has 0 fully saturated rings. The van der Waals surface area contributed by atoms with Crippen molar-refractivity contribution in [2.75, 3.05) is 13.2 Å². The van der Waals surface area contributed by atoms with Crippen LogP contribution in [0.3, 0.4) is 0 Å². The third-order valence-electron chi connectivity index (χ3n) is 14.2. The Morgan fingerprint density at radius 3 is 0.786 bits per heavy atom. The van der Waals surface area contributed by atoms with Crippen LogP contribution in [0.5, 0.6) is 0 Å². The van der Waals surface area contributed by atoms with Gasteiger partial charge in [0, 0.05) is 19.3 Å². The lowest BCUT2D eigenvalue weighted by atomic mass is 10.0. The zero-order valence-electron chi connectivity index (χ0n) is 47.3. The largest absolute Gasteiger partial charge is 0.462 e. The van der Waals surface area contributed by atoms with Crippen LogP contribution in [0.4, 0.5) is 0 Å². The van der Waals surface area contributed by atoms with Crippen molar-refractivity contribution in [3.63, 3.8) is 0 Å². The van der Waals surface area contributed by atoms with E-state index in [0.717, 1.165) is 64.2 Å². The second kappa shape index (κ2) is 59.5. The van der Waals surface area contributed by atoms with Crippen molar-refractivity contribution in [2.45, 2.75) is 354 Å². The summed E-state index contributed by atoms with van der Waals surface area (Å²) in [6, 6.07) is 0. The summed E-state index contributed by atoms with van der Waals surface area (Å²) in [6.45, 7) is 6.63. The highest BCUT2D eigenvalue weighted by Gasteiger charge is 2.19. The number of allylic oxidation sites excluding steroid dienone is 4. The van der Waals surface area contributed by atoms with Gasteiger partial charge in [-0.2, -0.15) is 0 Å². The molecule has 0 aromatic carbocycles. The third kappa shape index (κ3) is 56.8. The zero-order valence-corrected chi connectivity index (χ0v) is 47.3. The summed E-state index contributed by atoms with van der Waals surface area (Å²) in [5.74, 6) is -0.854. The van der Waals surface area contributed by atoms with E-state index < -0.39 is 6.10 Å². The van der Waals surface area contributed by atoms with Gasteiger partial charge in [-0.1, -0.05) is 302 Å². The van der Waals surface area contributed by atoms with Crippen molar-refractivity contribution >= 4 is 17.9 Å². The van der Waals surface area contributed by atoms with Gasteiger partial charge in [-0.15, -0.1) is 0 Å². The number of hydrogen-bond donors (Lipinski definition) is 0. The molecule has 0 spiro atoms. The van der Waals surface area contributed by atoms with Gasteiger partial charge < -0.3 is 14.2 Å². The van der Waals surface area contributed by atoms with Gasteiger partial charge in [-0.05, 0) is 51.4 Å². The standard InChI is InChI=1S/C64H120O6/c1-4-7-10-13-16-18-20-22-24-26-28-30-31-32-33-35-36-38-40-42-44-46-48-51-54-57-63(66)69-60-61(59-68-62(65)56-53-50-15-12-9-6-3)70-64(67)58-55-52-49-47-45-43-41-39-37-34-29-27-25-23-21-19-17-14-11-8-5-2/h20,22,26,28,61H,4-19,21,23-25,27,29-60H2,1-3H3/b22-20-,28-26-. The summed E-state index contributed by atoms with van der Waals surface area (Å²) in [5, 5.41) is 0. The highest BCUT2D eigenvalue weighted by atomic mass is 16.6. The van der Waals surface area contributed by atoms with Gasteiger partial charge in [-0.25, -0.2) is 0 Å². The molecule has 0 aliphatic heterocycles. The van der Waals surface area contributed by atoms with E-state index in [1.54, 1.807) is 0 Å². The second-order valence-corrected chi connectivity index (χ2v) is 21.3. The Labute approximate surface area is 436 Å². The first-order chi connectivity index (χ1) is 34.5. The minimum atomic E-state index is -0.764. The van der Waals surface area contributed by atoms with Gasteiger partial charge in [0.15, 0.2) is 6.10 Å². The average Bonchev–Trinajstić information content (AvgIpc) is 3.36. The van der Waals surface area contributed by atoms with Crippen LogP contribution < -0.4 is 0 Å². The molecule has 0 aromatic heterocycles. The molecule has 6 heteroatoms. The first kappa shape index (κ1) is 67.9. The molecule has 0 heterocycles. The van der Waals surface area contributed by atoms with E-state index in [1.807, 2.05) is 0 Å². The fourth-order valence-electron chi connectivity index (χ4n) is 9.48. The summed E-state index contributed by atoms with van der Waals surface area (Å²) in [7, 11) is 0. The van der Waals surface area contributed by atoms with E-state index in [0.29, 0.717) is 19.3 Å². The predicted molar refractivity (Wildman–Crippen MR) is 303 cm³/mol. The van der Waals surface area contributed by atoms with E-state index in [9.17, 15) is 14.4 Å². The number of rotatable bonds is 58. The average molecular weight is 986 g/mol. The second-order valence-electron chi connectivity index (χ2n) is 21.3. The molecule has 0 N–H and O–H groups in total. The Morgan fingerprint density at radius 2 is 0.514 bits per heavy atom. The molecule has 0 radical (unpaired) electrons. The van der Waals surface area contributed by atoms with Gasteiger partial charge in [0.2, 0.25) is 0 Å². The molecule has 0 aliphatic carbocycles. The normalized spacial score (nSPS) is 12.1. The number of carbonyl (C=O) groups is 3. The molecule has 0 aromatic rings. The maximum Gasteiger partial charge on any atom is 0.306 e. The Hall–Kier alpha value is -2.11. The molecular formula is C64H120O6. The van der Waals surface area contributed by atoms with Gasteiger partial charge in [0.25, 0.3) is 0 Å². The first-order valence-corrected chi connectivity index (χ1v) is 31.3. The molecule has 0 amide bonds. The molecule has 70 heavy (non-hydrogen) atoms. The Morgan fingerprint density at radius 1 is 0.286 bits per heavy atom. The number of unbranched alkanes of at least 4 members (excludes halogenated alkanes) is 43. The maximum atomic E-state index is 12.8. The minimum Gasteiger partial charge on any atom is -0.462 e. The lowest BCUT2D eigenvalue weighted by molar-refractivity contribution is -0.167. The van der Waals surface area contributed by atoms with Crippen LogP contribution in [-0.4, -0.2) is 37.2 Å². The molecule has 6 nitrogen and oxygen atoms in total. The van der Waals surface area contributed by atoms with Crippen LogP contribution in [0.2, 0.25) is 0 Å². The predicted octanol–water partition coefficient (Wildman–Crippen LogP) is 21.1. The van der Waals surface area contributed by atoms with Crippen molar-refractivity contribution in [2.24, 2.45) is 0 Å². The SMILES string of the molecule is CCCCCCC/C=C\C/C=C\CCCCCCCCCCCCCCCC(=O)OCC(COC(=O)CCCCCCCC)OC(=O)CCCCCCCCCCCCCCCCCCCCCCC. The number of esters is 3. The third-order valence-corrected chi connectivity index (χ3v) is 14.2. The summed E-state index contributed by atoms with van der Waals surface area (Å²) in [4.78, 5) is 38.0. The zero-order chi connectivity index (χ0) is 50.7. The minimum absolute atomic E-state index is 0.0665. The van der Waals surface area contributed by atoms with Gasteiger partial charge in [-0.3, -0.25) is 14.4 Å². The van der Waals surface area contributed by atoms with Crippen molar-refractivity contribution in [3.05, 3.63) is 24.3 Å². The van der Waals surface area contributed by atoms with E-state index in [2.05, 4.69) is 45.1 Å². The molecule has 0 rings (SSSR count). The highest BCUT2D eigenvalue weighted by molar-refractivity contribution is 5.71. The van der Waals surface area contributed by atoms with Crippen LogP contribution in [0.25, 0.3) is 0 Å². The van der Waals surface area contributed by atoms with Crippen LogP contribution in [0.15, 0.2) is 24.3 Å². The van der Waals surface area contributed by atoms with Gasteiger partial charge >= 0.3 is 17.9 Å². The highest BCUT2D eigenvalue weighted by Crippen LogP contribution is 2.18. The molecule has 0 bridgehead atoms. The van der Waals surface area contributed by atoms with E-state index in [4.69, 9.17) is 14.2 Å². The summed E-state index contributed by atoms with van der Waals surface area (Å²) in [5.41, 5.74) is 0. The monoisotopic (exact) mass is 985 g/mol. The molecular weight excluding hydrogens is 865 g/mol. The fraction of sp³-hybridized carbons (Fsp3) is 0.891. The first-order valence-electron chi connectivity index (χ1n) is 31.3. The van der Waals surface area contributed by atoms with Crippen LogP contribution in [0, 0.1) is 0 Å². The Balaban J connectivity index is 4.04. The maximum absolute atomic E-state index is 12.8. The van der Waals surface area contributed by atoms with Crippen molar-refractivity contribution in [1.82, 2.24) is 0 Å². The molecule has 0 saturated heterocycles. The summed E-state index contributed by atoms with van der Waals surface area (Å²) in [6.07, 6.45) is 70.8. The Bertz CT molecular complexity index is 1130. The molecule has 1 unspecified atom stereocenters. The van der Waals surface area contributed by atoms with E-state index in [-0.39, 0.29) is 31.1 Å². The van der Waals surface area contributed by atoms with Gasteiger partial charge in [0.1, 0.15) is 13.2 Å². The molecule has 1 atom stereocenters. The topological polar surface area (TPSA) is 78.9 Å². The fourth-order valence-corrected chi connectivity index (χ4v) is 9.48. The van der Waals surface area contributed by atoms with Crippen molar-refractivity contribution in [1.29, 1.82) is 0 Å². The quantitative estimate of drug-likeness (QED) is 0.0261. The number of carbonyl (C=O) groups excluding carboxylic acids is 3. The summed E-state index contributed by atoms with van der Waals surface area (Å²) >= 11 is 0.